The van der Waals surface area contributed by atoms with Crippen molar-refractivity contribution in [3.05, 3.63) is 42.0 Å². The molecule has 1 saturated heterocycles. The van der Waals surface area contributed by atoms with Crippen molar-refractivity contribution in [3.63, 3.8) is 0 Å². The van der Waals surface area contributed by atoms with Crippen LogP contribution >= 0.6 is 0 Å². The number of aromatic nitrogens is 3. The summed E-state index contributed by atoms with van der Waals surface area (Å²) >= 11 is 0. The number of nitrogens with zero attached hydrogens (tertiary/aromatic N) is 5. The number of amides is 1. The van der Waals surface area contributed by atoms with Crippen LogP contribution in [0, 0.1) is 17.7 Å². The number of halogens is 1. The molecule has 3 aromatic rings. The van der Waals surface area contributed by atoms with Gasteiger partial charge in [-0.3, -0.25) is 4.79 Å². The van der Waals surface area contributed by atoms with Crippen molar-refractivity contribution in [2.45, 2.75) is 25.3 Å². The van der Waals surface area contributed by atoms with Crippen LogP contribution in [0.25, 0.3) is 11.0 Å². The van der Waals surface area contributed by atoms with E-state index in [1.54, 1.807) is 31.3 Å². The minimum Gasteiger partial charge on any atom is -0.378 e. The van der Waals surface area contributed by atoms with Crippen molar-refractivity contribution in [2.24, 2.45) is 11.8 Å². The van der Waals surface area contributed by atoms with Gasteiger partial charge in [-0.25, -0.2) is 9.37 Å². The van der Waals surface area contributed by atoms with Crippen LogP contribution in [0.15, 0.2) is 30.5 Å². The van der Waals surface area contributed by atoms with E-state index < -0.39 is 0 Å². The first-order valence-corrected chi connectivity index (χ1v) is 11.9. The number of fused-ring (bicyclic) bond motifs is 1. The van der Waals surface area contributed by atoms with E-state index >= 15 is 0 Å². The van der Waals surface area contributed by atoms with E-state index in [9.17, 15) is 9.18 Å². The van der Waals surface area contributed by atoms with Crippen LogP contribution in [-0.2, 0) is 10.3 Å². The maximum Gasteiger partial charge on any atom is 0.270 e. The molecule has 1 N–H and O–H groups in total. The zero-order chi connectivity index (χ0) is 23.6. The summed E-state index contributed by atoms with van der Waals surface area (Å²) in [6.07, 6.45) is 3.89. The Labute approximate surface area is 197 Å². The summed E-state index contributed by atoms with van der Waals surface area (Å²) in [7, 11) is 3.53. The van der Waals surface area contributed by atoms with E-state index in [4.69, 9.17) is 9.72 Å². The molecular formula is C25H29FN6O2. The van der Waals surface area contributed by atoms with Gasteiger partial charge in [-0.05, 0) is 48.9 Å². The summed E-state index contributed by atoms with van der Waals surface area (Å²) in [5.74, 6) is 1.30. The van der Waals surface area contributed by atoms with E-state index in [-0.39, 0.29) is 17.3 Å². The Morgan fingerprint density at radius 3 is 2.62 bits per heavy atom. The standard InChI is InChI=1S/C25H29FN6O2/c1-15-17-12-25(15,13-17)32-21(23(33)30(2)3)10-16-14-27-24(29-22(16)32)28-18-4-5-20(19(26)11-18)31-6-8-34-9-7-31/h4-5,10-11,14-15,17H,6-9,12-13H2,1-3H3,(H,27,28,29)/t15-,17?,25?/m1/s1. The minimum absolute atomic E-state index is 0.0368. The van der Waals surface area contributed by atoms with Gasteiger partial charge in [-0.1, -0.05) is 6.92 Å². The van der Waals surface area contributed by atoms with Gasteiger partial charge in [0.1, 0.15) is 17.2 Å². The molecular weight excluding hydrogens is 435 g/mol. The Balaban J connectivity index is 1.34. The number of benzene rings is 1. The molecule has 1 atom stereocenters. The van der Waals surface area contributed by atoms with Gasteiger partial charge in [0.05, 0.1) is 24.4 Å². The maximum atomic E-state index is 14.9. The molecule has 0 radical (unpaired) electrons. The van der Waals surface area contributed by atoms with E-state index in [0.29, 0.717) is 55.2 Å². The van der Waals surface area contributed by atoms with Gasteiger partial charge in [0.15, 0.2) is 0 Å². The normalized spacial score (nSPS) is 25.6. The number of carbonyl (C=O) groups excluding carboxylic acids is 1. The maximum absolute atomic E-state index is 14.9. The number of anilines is 3. The van der Waals surface area contributed by atoms with Crippen molar-refractivity contribution >= 4 is 34.3 Å². The Hall–Kier alpha value is -3.20. The van der Waals surface area contributed by atoms with E-state index in [2.05, 4.69) is 21.8 Å². The average Bonchev–Trinajstić information content (AvgIpc) is 3.16. The van der Waals surface area contributed by atoms with Gasteiger partial charge < -0.3 is 24.4 Å². The second-order valence-corrected chi connectivity index (χ2v) is 9.99. The molecule has 4 fully saturated rings. The van der Waals surface area contributed by atoms with E-state index in [0.717, 1.165) is 29.8 Å². The number of rotatable bonds is 5. The predicted molar refractivity (Wildman–Crippen MR) is 128 cm³/mol. The van der Waals surface area contributed by atoms with Gasteiger partial charge in [0, 0.05) is 44.5 Å². The zero-order valence-electron chi connectivity index (χ0n) is 19.7. The Morgan fingerprint density at radius 2 is 2.00 bits per heavy atom. The summed E-state index contributed by atoms with van der Waals surface area (Å²) in [5, 5.41) is 3.99. The van der Waals surface area contributed by atoms with Crippen LogP contribution in [0.5, 0.6) is 0 Å². The van der Waals surface area contributed by atoms with E-state index in [1.165, 1.54) is 6.07 Å². The Kier molecular flexibility index (Phi) is 4.81. The molecule has 2 aromatic heterocycles. The summed E-state index contributed by atoms with van der Waals surface area (Å²) in [5.41, 5.74) is 2.50. The molecule has 1 amide bonds. The molecule has 8 nitrogen and oxygen atoms in total. The summed E-state index contributed by atoms with van der Waals surface area (Å²) in [6, 6.07) is 6.99. The smallest absolute Gasteiger partial charge is 0.270 e. The van der Waals surface area contributed by atoms with Crippen LogP contribution in [0.1, 0.15) is 30.3 Å². The third kappa shape index (κ3) is 3.10. The molecule has 0 unspecified atom stereocenters. The number of ether oxygens (including phenoxy) is 1. The first-order chi connectivity index (χ1) is 16.4. The molecule has 34 heavy (non-hydrogen) atoms. The first kappa shape index (κ1) is 21.3. The van der Waals surface area contributed by atoms with Crippen LogP contribution in [-0.4, -0.2) is 65.7 Å². The van der Waals surface area contributed by atoms with Crippen molar-refractivity contribution in [1.29, 1.82) is 0 Å². The summed E-state index contributed by atoms with van der Waals surface area (Å²) in [4.78, 5) is 25.9. The lowest BCUT2D eigenvalue weighted by Gasteiger charge is -2.68. The molecule has 178 valence electrons. The average molecular weight is 465 g/mol. The van der Waals surface area contributed by atoms with Crippen LogP contribution in [0.3, 0.4) is 0 Å². The van der Waals surface area contributed by atoms with Crippen molar-refractivity contribution < 1.29 is 13.9 Å². The second kappa shape index (κ2) is 7.66. The molecule has 7 rings (SSSR count). The van der Waals surface area contributed by atoms with Gasteiger partial charge in [-0.2, -0.15) is 4.98 Å². The second-order valence-electron chi connectivity index (χ2n) is 9.99. The van der Waals surface area contributed by atoms with Gasteiger partial charge in [0.25, 0.3) is 5.91 Å². The van der Waals surface area contributed by atoms with Crippen molar-refractivity contribution in [3.8, 4) is 0 Å². The van der Waals surface area contributed by atoms with Gasteiger partial charge >= 0.3 is 0 Å². The molecule has 3 heterocycles. The highest BCUT2D eigenvalue weighted by atomic mass is 19.1. The van der Waals surface area contributed by atoms with Crippen LogP contribution in [0.4, 0.5) is 21.7 Å². The molecule has 9 heteroatoms. The third-order valence-corrected chi connectivity index (χ3v) is 7.95. The molecule has 4 aliphatic rings. The fourth-order valence-corrected chi connectivity index (χ4v) is 5.74. The lowest BCUT2D eigenvalue weighted by molar-refractivity contribution is -0.160. The largest absolute Gasteiger partial charge is 0.378 e. The Morgan fingerprint density at radius 1 is 1.24 bits per heavy atom. The SMILES string of the molecule is C[C@@H]1C2CC1(n1c(C(=O)N(C)C)cc3cnc(Nc4ccc(N5CCOCC5)c(F)c4)nc31)C2. The van der Waals surface area contributed by atoms with Crippen LogP contribution < -0.4 is 10.2 Å². The molecule has 0 spiro atoms. The number of hydrogen-bond acceptors (Lipinski definition) is 6. The number of carbonyl (C=O) groups is 1. The molecule has 1 aliphatic heterocycles. The van der Waals surface area contributed by atoms with E-state index in [1.807, 2.05) is 17.0 Å². The topological polar surface area (TPSA) is 75.5 Å². The molecule has 1 aromatic carbocycles. The fraction of sp³-hybridized carbons (Fsp3) is 0.480. The number of hydrogen-bond donors (Lipinski definition) is 1. The predicted octanol–water partition coefficient (Wildman–Crippen LogP) is 3.61. The molecule has 2 bridgehead atoms. The third-order valence-electron chi connectivity index (χ3n) is 7.95. The molecule has 3 aliphatic carbocycles. The number of nitrogens with one attached hydrogen (secondary N) is 1. The Bertz CT molecular complexity index is 1280. The summed E-state index contributed by atoms with van der Waals surface area (Å²) in [6.45, 7) is 4.82. The molecule has 3 saturated carbocycles. The summed E-state index contributed by atoms with van der Waals surface area (Å²) < 4.78 is 22.4. The fourth-order valence-electron chi connectivity index (χ4n) is 5.74. The quantitative estimate of drug-likeness (QED) is 0.622. The van der Waals surface area contributed by atoms with Crippen molar-refractivity contribution in [1.82, 2.24) is 19.4 Å². The van der Waals surface area contributed by atoms with Crippen LogP contribution in [0.2, 0.25) is 0 Å². The highest BCUT2D eigenvalue weighted by Crippen LogP contribution is 2.67. The highest BCUT2D eigenvalue weighted by Gasteiger charge is 2.65. The van der Waals surface area contributed by atoms with Gasteiger partial charge in [-0.15, -0.1) is 0 Å². The lowest BCUT2D eigenvalue weighted by Crippen LogP contribution is -2.67. The number of morpholine rings is 1. The zero-order valence-corrected chi connectivity index (χ0v) is 19.7. The first-order valence-electron chi connectivity index (χ1n) is 11.9. The monoisotopic (exact) mass is 464 g/mol. The lowest BCUT2D eigenvalue weighted by atomic mass is 9.42. The highest BCUT2D eigenvalue weighted by molar-refractivity contribution is 5.98. The van der Waals surface area contributed by atoms with Gasteiger partial charge in [0.2, 0.25) is 5.95 Å². The van der Waals surface area contributed by atoms with Crippen molar-refractivity contribution in [2.75, 3.05) is 50.6 Å². The minimum atomic E-state index is -0.294.